The van der Waals surface area contributed by atoms with Crippen molar-refractivity contribution in [3.63, 3.8) is 0 Å². The highest BCUT2D eigenvalue weighted by Gasteiger charge is 2.17. The van der Waals surface area contributed by atoms with Crippen LogP contribution in [0.4, 0.5) is 0 Å². The first-order chi connectivity index (χ1) is 10.1. The van der Waals surface area contributed by atoms with Gasteiger partial charge in [-0.1, -0.05) is 17.3 Å². The van der Waals surface area contributed by atoms with Crippen LogP contribution in [0.15, 0.2) is 28.8 Å². The van der Waals surface area contributed by atoms with E-state index in [1.165, 1.54) is 0 Å². The van der Waals surface area contributed by atoms with Gasteiger partial charge in [0.25, 0.3) is 5.91 Å². The molecule has 0 aliphatic heterocycles. The van der Waals surface area contributed by atoms with E-state index in [0.29, 0.717) is 23.6 Å². The summed E-state index contributed by atoms with van der Waals surface area (Å²) < 4.78 is 6.98. The van der Waals surface area contributed by atoms with Crippen molar-refractivity contribution >= 4 is 16.9 Å². The standard InChI is InChI=1S/C15H16N4O2/c1-9-14(10(2)21-18-9)15(20)16-8-13-17-11-6-4-5-7-12(11)19(13)3/h4-7H,8H2,1-3H3,(H,16,20). The van der Waals surface area contributed by atoms with Crippen LogP contribution in [0.2, 0.25) is 0 Å². The number of nitrogens with zero attached hydrogens (tertiary/aromatic N) is 3. The van der Waals surface area contributed by atoms with E-state index in [0.717, 1.165) is 16.9 Å². The quantitative estimate of drug-likeness (QED) is 0.799. The van der Waals surface area contributed by atoms with E-state index in [1.807, 2.05) is 35.9 Å². The van der Waals surface area contributed by atoms with Gasteiger partial charge in [-0.3, -0.25) is 4.79 Å². The topological polar surface area (TPSA) is 73.0 Å². The molecule has 6 nitrogen and oxygen atoms in total. The lowest BCUT2D eigenvalue weighted by atomic mass is 10.2. The molecule has 0 fully saturated rings. The van der Waals surface area contributed by atoms with E-state index in [9.17, 15) is 4.79 Å². The third kappa shape index (κ3) is 2.29. The minimum Gasteiger partial charge on any atom is -0.361 e. The zero-order valence-corrected chi connectivity index (χ0v) is 12.2. The number of imidazole rings is 1. The summed E-state index contributed by atoms with van der Waals surface area (Å²) in [6.07, 6.45) is 0. The van der Waals surface area contributed by atoms with Crippen molar-refractivity contribution in [3.8, 4) is 0 Å². The Bertz CT molecular complexity index is 797. The molecule has 21 heavy (non-hydrogen) atoms. The Morgan fingerprint density at radius 1 is 1.33 bits per heavy atom. The van der Waals surface area contributed by atoms with Crippen LogP contribution in [0.1, 0.15) is 27.6 Å². The molecular weight excluding hydrogens is 268 g/mol. The molecule has 0 saturated heterocycles. The molecule has 3 aromatic rings. The third-order valence-corrected chi connectivity index (χ3v) is 3.55. The number of carbonyl (C=O) groups is 1. The summed E-state index contributed by atoms with van der Waals surface area (Å²) in [4.78, 5) is 16.7. The van der Waals surface area contributed by atoms with Gasteiger partial charge >= 0.3 is 0 Å². The number of fused-ring (bicyclic) bond motifs is 1. The van der Waals surface area contributed by atoms with Gasteiger partial charge in [0.15, 0.2) is 0 Å². The summed E-state index contributed by atoms with van der Waals surface area (Å²) in [5, 5.41) is 6.65. The minimum absolute atomic E-state index is 0.196. The molecular formula is C15H16N4O2. The van der Waals surface area contributed by atoms with Gasteiger partial charge in [0, 0.05) is 7.05 Å². The molecule has 1 N–H and O–H groups in total. The molecule has 2 aromatic heterocycles. The fraction of sp³-hybridized carbons (Fsp3) is 0.267. The van der Waals surface area contributed by atoms with Crippen molar-refractivity contribution in [3.05, 3.63) is 47.1 Å². The molecule has 0 aliphatic carbocycles. The van der Waals surface area contributed by atoms with Crippen LogP contribution in [0, 0.1) is 13.8 Å². The van der Waals surface area contributed by atoms with Crippen molar-refractivity contribution in [2.75, 3.05) is 0 Å². The van der Waals surface area contributed by atoms with Gasteiger partial charge in [-0.2, -0.15) is 0 Å². The van der Waals surface area contributed by atoms with Gasteiger partial charge in [-0.25, -0.2) is 4.98 Å². The van der Waals surface area contributed by atoms with Crippen LogP contribution in [0.25, 0.3) is 11.0 Å². The van der Waals surface area contributed by atoms with Crippen LogP contribution in [-0.2, 0) is 13.6 Å². The lowest BCUT2D eigenvalue weighted by molar-refractivity contribution is 0.0947. The Morgan fingerprint density at radius 3 is 2.76 bits per heavy atom. The average molecular weight is 284 g/mol. The van der Waals surface area contributed by atoms with E-state index >= 15 is 0 Å². The Balaban J connectivity index is 1.81. The summed E-state index contributed by atoms with van der Waals surface area (Å²) in [5.74, 6) is 1.13. The first kappa shape index (κ1) is 13.4. The molecule has 2 heterocycles. The van der Waals surface area contributed by atoms with Crippen molar-refractivity contribution < 1.29 is 9.32 Å². The molecule has 0 saturated carbocycles. The number of amides is 1. The molecule has 6 heteroatoms. The number of aryl methyl sites for hydroxylation is 3. The number of para-hydroxylation sites is 2. The van der Waals surface area contributed by atoms with Crippen molar-refractivity contribution in [1.82, 2.24) is 20.0 Å². The van der Waals surface area contributed by atoms with E-state index in [-0.39, 0.29) is 5.91 Å². The number of aromatic nitrogens is 3. The summed E-state index contributed by atoms with van der Waals surface area (Å²) in [5.41, 5.74) is 3.05. The lowest BCUT2D eigenvalue weighted by Crippen LogP contribution is -2.25. The number of rotatable bonds is 3. The second-order valence-electron chi connectivity index (χ2n) is 4.96. The van der Waals surface area contributed by atoms with Crippen LogP contribution in [-0.4, -0.2) is 20.6 Å². The SMILES string of the molecule is Cc1noc(C)c1C(=O)NCc1nc2ccccc2n1C. The van der Waals surface area contributed by atoms with E-state index in [2.05, 4.69) is 15.5 Å². The summed E-state index contributed by atoms with van der Waals surface area (Å²) >= 11 is 0. The van der Waals surface area contributed by atoms with Crippen molar-refractivity contribution in [2.24, 2.45) is 7.05 Å². The van der Waals surface area contributed by atoms with Crippen LogP contribution in [0.5, 0.6) is 0 Å². The van der Waals surface area contributed by atoms with E-state index in [4.69, 9.17) is 4.52 Å². The number of carbonyl (C=O) groups excluding carboxylic acids is 1. The Morgan fingerprint density at radius 2 is 2.10 bits per heavy atom. The molecule has 0 aliphatic rings. The predicted molar refractivity (Wildman–Crippen MR) is 77.9 cm³/mol. The Labute approximate surface area is 121 Å². The minimum atomic E-state index is -0.196. The van der Waals surface area contributed by atoms with Crippen LogP contribution in [0.3, 0.4) is 0 Å². The number of benzene rings is 1. The summed E-state index contributed by atoms with van der Waals surface area (Å²) in [6.45, 7) is 3.83. The molecule has 0 unspecified atom stereocenters. The molecule has 3 rings (SSSR count). The second-order valence-corrected chi connectivity index (χ2v) is 4.96. The molecule has 0 bridgehead atoms. The molecule has 108 valence electrons. The van der Waals surface area contributed by atoms with Gasteiger partial charge in [0.05, 0.1) is 23.3 Å². The molecule has 0 radical (unpaired) electrons. The smallest absolute Gasteiger partial charge is 0.257 e. The maximum atomic E-state index is 12.2. The monoisotopic (exact) mass is 284 g/mol. The summed E-state index contributed by atoms with van der Waals surface area (Å²) in [6, 6.07) is 7.87. The predicted octanol–water partition coefficient (Wildman–Crippen LogP) is 2.11. The normalized spacial score (nSPS) is 11.0. The summed E-state index contributed by atoms with van der Waals surface area (Å²) in [7, 11) is 1.94. The fourth-order valence-electron chi connectivity index (χ4n) is 2.41. The second kappa shape index (κ2) is 5.05. The number of hydrogen-bond acceptors (Lipinski definition) is 4. The highest BCUT2D eigenvalue weighted by molar-refractivity contribution is 5.96. The molecule has 1 amide bonds. The lowest BCUT2D eigenvalue weighted by Gasteiger charge is -2.05. The highest BCUT2D eigenvalue weighted by atomic mass is 16.5. The largest absolute Gasteiger partial charge is 0.361 e. The third-order valence-electron chi connectivity index (χ3n) is 3.55. The van der Waals surface area contributed by atoms with Crippen molar-refractivity contribution in [1.29, 1.82) is 0 Å². The Kier molecular flexibility index (Phi) is 3.21. The van der Waals surface area contributed by atoms with Crippen molar-refractivity contribution in [2.45, 2.75) is 20.4 Å². The van der Waals surface area contributed by atoms with E-state index < -0.39 is 0 Å². The molecule has 0 spiro atoms. The van der Waals surface area contributed by atoms with Crippen LogP contribution >= 0.6 is 0 Å². The molecule has 1 aromatic carbocycles. The fourth-order valence-corrected chi connectivity index (χ4v) is 2.41. The maximum absolute atomic E-state index is 12.2. The first-order valence-electron chi connectivity index (χ1n) is 6.69. The van der Waals surface area contributed by atoms with Gasteiger partial charge in [-0.05, 0) is 26.0 Å². The first-order valence-corrected chi connectivity index (χ1v) is 6.69. The zero-order valence-electron chi connectivity index (χ0n) is 12.2. The Hall–Kier alpha value is -2.63. The number of nitrogens with one attached hydrogen (secondary N) is 1. The van der Waals surface area contributed by atoms with Crippen LogP contribution < -0.4 is 5.32 Å². The average Bonchev–Trinajstić information content (AvgIpc) is 2.97. The van der Waals surface area contributed by atoms with Gasteiger partial charge in [0.2, 0.25) is 0 Å². The highest BCUT2D eigenvalue weighted by Crippen LogP contribution is 2.15. The maximum Gasteiger partial charge on any atom is 0.257 e. The number of hydrogen-bond donors (Lipinski definition) is 1. The van der Waals surface area contributed by atoms with E-state index in [1.54, 1.807) is 13.8 Å². The molecule has 0 atom stereocenters. The van der Waals surface area contributed by atoms with Gasteiger partial charge in [0.1, 0.15) is 17.1 Å². The van der Waals surface area contributed by atoms with Gasteiger partial charge < -0.3 is 14.4 Å². The zero-order chi connectivity index (χ0) is 15.0. The van der Waals surface area contributed by atoms with Gasteiger partial charge in [-0.15, -0.1) is 0 Å².